The second kappa shape index (κ2) is 9.47. The van der Waals surface area contributed by atoms with E-state index in [1.807, 2.05) is 35.2 Å². The highest BCUT2D eigenvalue weighted by Crippen LogP contribution is 2.29. The van der Waals surface area contributed by atoms with E-state index in [1.165, 1.54) is 11.1 Å². The topological polar surface area (TPSA) is 54.9 Å². The van der Waals surface area contributed by atoms with Gasteiger partial charge < -0.3 is 19.3 Å². The first-order valence-electron chi connectivity index (χ1n) is 11.2. The first kappa shape index (κ1) is 21.9. The molecule has 1 saturated heterocycles. The summed E-state index contributed by atoms with van der Waals surface area (Å²) in [7, 11) is 1.67. The monoisotopic (exact) mass is 433 g/mol. The number of pyridine rings is 1. The van der Waals surface area contributed by atoms with Crippen molar-refractivity contribution in [2.45, 2.75) is 26.7 Å². The number of piperazine rings is 1. The van der Waals surface area contributed by atoms with Crippen LogP contribution in [0.25, 0.3) is 10.9 Å². The molecule has 1 aliphatic heterocycles. The van der Waals surface area contributed by atoms with Gasteiger partial charge in [-0.2, -0.15) is 0 Å². The summed E-state index contributed by atoms with van der Waals surface area (Å²) in [5, 5.41) is 1.10. The van der Waals surface area contributed by atoms with E-state index >= 15 is 0 Å². The number of para-hydroxylation sites is 1. The summed E-state index contributed by atoms with van der Waals surface area (Å²) < 4.78 is 11.3. The molecule has 1 aromatic heterocycles. The molecule has 0 N–H and O–H groups in total. The molecule has 0 radical (unpaired) electrons. The van der Waals surface area contributed by atoms with Crippen molar-refractivity contribution in [3.63, 3.8) is 0 Å². The number of hydrogen-bond acceptors (Lipinski definition) is 5. The number of aryl methyl sites for hydroxylation is 1. The lowest BCUT2D eigenvalue weighted by atomic mass is 10.0. The molecule has 6 nitrogen and oxygen atoms in total. The van der Waals surface area contributed by atoms with Crippen molar-refractivity contribution in [1.29, 1.82) is 0 Å². The molecule has 0 unspecified atom stereocenters. The van der Waals surface area contributed by atoms with Gasteiger partial charge >= 0.3 is 0 Å². The zero-order valence-electron chi connectivity index (χ0n) is 19.3. The van der Waals surface area contributed by atoms with Gasteiger partial charge in [0.1, 0.15) is 22.8 Å². The summed E-state index contributed by atoms with van der Waals surface area (Å²) in [4.78, 5) is 21.7. The van der Waals surface area contributed by atoms with Crippen molar-refractivity contribution in [1.82, 2.24) is 9.88 Å². The zero-order valence-corrected chi connectivity index (χ0v) is 19.3. The highest BCUT2D eigenvalue weighted by Gasteiger charge is 2.23. The smallest absolute Gasteiger partial charge is 0.260 e. The van der Waals surface area contributed by atoms with E-state index in [4.69, 9.17) is 14.5 Å². The first-order chi connectivity index (χ1) is 15.5. The van der Waals surface area contributed by atoms with Crippen molar-refractivity contribution in [2.75, 3.05) is 44.8 Å². The molecular weight excluding hydrogens is 402 g/mol. The number of ether oxygens (including phenoxy) is 2. The Morgan fingerprint density at radius 2 is 1.81 bits per heavy atom. The van der Waals surface area contributed by atoms with Gasteiger partial charge in [-0.15, -0.1) is 0 Å². The number of rotatable bonds is 6. The van der Waals surface area contributed by atoms with Crippen LogP contribution in [-0.2, 0) is 4.79 Å². The van der Waals surface area contributed by atoms with Crippen LogP contribution >= 0.6 is 0 Å². The van der Waals surface area contributed by atoms with Gasteiger partial charge in [-0.05, 0) is 48.2 Å². The van der Waals surface area contributed by atoms with Crippen LogP contribution in [0.15, 0.2) is 48.5 Å². The molecule has 1 aliphatic rings. The van der Waals surface area contributed by atoms with Crippen LogP contribution in [0.3, 0.4) is 0 Å². The van der Waals surface area contributed by atoms with E-state index in [9.17, 15) is 4.79 Å². The molecule has 6 heteroatoms. The van der Waals surface area contributed by atoms with Gasteiger partial charge in [-0.1, -0.05) is 38.1 Å². The van der Waals surface area contributed by atoms with Crippen molar-refractivity contribution in [3.05, 3.63) is 59.7 Å². The average molecular weight is 434 g/mol. The molecule has 0 atom stereocenters. The van der Waals surface area contributed by atoms with E-state index in [2.05, 4.69) is 43.9 Å². The molecule has 0 aliphatic carbocycles. The number of carbonyl (C=O) groups excluding carboxylic acids is 1. The summed E-state index contributed by atoms with van der Waals surface area (Å²) in [6.07, 6.45) is 0. The van der Waals surface area contributed by atoms with Crippen LogP contribution in [0.1, 0.15) is 30.9 Å². The minimum atomic E-state index is 0.0175. The molecule has 32 heavy (non-hydrogen) atoms. The van der Waals surface area contributed by atoms with E-state index in [1.54, 1.807) is 7.11 Å². The lowest BCUT2D eigenvalue weighted by Crippen LogP contribution is -2.50. The van der Waals surface area contributed by atoms with Crippen molar-refractivity contribution in [2.24, 2.45) is 0 Å². The molecule has 2 heterocycles. The fourth-order valence-electron chi connectivity index (χ4n) is 4.09. The fraction of sp³-hybridized carbons (Fsp3) is 0.385. The number of methoxy groups -OCH3 is 1. The predicted octanol–water partition coefficient (Wildman–Crippen LogP) is 4.40. The largest absolute Gasteiger partial charge is 0.494 e. The van der Waals surface area contributed by atoms with Gasteiger partial charge in [0.25, 0.3) is 5.91 Å². The van der Waals surface area contributed by atoms with E-state index < -0.39 is 0 Å². The average Bonchev–Trinajstić information content (AvgIpc) is 2.82. The second-order valence-corrected chi connectivity index (χ2v) is 8.54. The molecule has 2 aromatic carbocycles. The number of anilines is 1. The van der Waals surface area contributed by atoms with Crippen LogP contribution in [-0.4, -0.2) is 55.7 Å². The third-order valence-corrected chi connectivity index (χ3v) is 6.06. The predicted molar refractivity (Wildman–Crippen MR) is 128 cm³/mol. The number of aromatic nitrogens is 1. The van der Waals surface area contributed by atoms with Gasteiger partial charge in [0.05, 0.1) is 7.11 Å². The summed E-state index contributed by atoms with van der Waals surface area (Å²) >= 11 is 0. The van der Waals surface area contributed by atoms with Gasteiger partial charge in [-0.25, -0.2) is 4.98 Å². The maximum atomic E-state index is 12.7. The third kappa shape index (κ3) is 4.64. The Morgan fingerprint density at radius 3 is 2.53 bits per heavy atom. The standard InChI is InChI=1S/C26H31N3O3/c1-18(2)20-7-5-8-21(16-20)32-17-25(30)29-13-11-28(12-14-29)24-15-19(3)22-9-6-10-23(31-4)26(22)27-24/h5-10,15-16,18H,11-14,17H2,1-4H3. The van der Waals surface area contributed by atoms with E-state index in [-0.39, 0.29) is 12.5 Å². The van der Waals surface area contributed by atoms with Gasteiger partial charge in [0.2, 0.25) is 0 Å². The van der Waals surface area contributed by atoms with Crippen LogP contribution < -0.4 is 14.4 Å². The highest BCUT2D eigenvalue weighted by atomic mass is 16.5. The fourth-order valence-corrected chi connectivity index (χ4v) is 4.09. The molecule has 168 valence electrons. The zero-order chi connectivity index (χ0) is 22.7. The summed E-state index contributed by atoms with van der Waals surface area (Å²) in [5.41, 5.74) is 3.25. The Kier molecular flexibility index (Phi) is 6.49. The maximum absolute atomic E-state index is 12.7. The molecule has 0 spiro atoms. The van der Waals surface area contributed by atoms with Gasteiger partial charge in [-0.3, -0.25) is 4.79 Å². The minimum absolute atomic E-state index is 0.0175. The van der Waals surface area contributed by atoms with Gasteiger partial charge in [0, 0.05) is 31.6 Å². The quantitative estimate of drug-likeness (QED) is 0.577. The van der Waals surface area contributed by atoms with Crippen molar-refractivity contribution < 1.29 is 14.3 Å². The Hall–Kier alpha value is -3.28. The number of amides is 1. The molecule has 4 rings (SSSR count). The van der Waals surface area contributed by atoms with Crippen molar-refractivity contribution in [3.8, 4) is 11.5 Å². The Bertz CT molecular complexity index is 1100. The molecule has 0 saturated carbocycles. The Morgan fingerprint density at radius 1 is 1.06 bits per heavy atom. The number of benzene rings is 2. The molecule has 1 fully saturated rings. The summed E-state index contributed by atoms with van der Waals surface area (Å²) in [6, 6.07) is 16.1. The number of fused-ring (bicyclic) bond motifs is 1. The van der Waals surface area contributed by atoms with Crippen LogP contribution in [0.2, 0.25) is 0 Å². The maximum Gasteiger partial charge on any atom is 0.260 e. The minimum Gasteiger partial charge on any atom is -0.494 e. The van der Waals surface area contributed by atoms with Gasteiger partial charge in [0.15, 0.2) is 6.61 Å². The SMILES string of the molecule is COc1cccc2c(C)cc(N3CCN(C(=O)COc4cccc(C(C)C)c4)CC3)nc12. The molecule has 1 amide bonds. The summed E-state index contributed by atoms with van der Waals surface area (Å²) in [5.74, 6) is 2.89. The van der Waals surface area contributed by atoms with Crippen LogP contribution in [0, 0.1) is 6.92 Å². The Balaban J connectivity index is 1.38. The van der Waals surface area contributed by atoms with Crippen molar-refractivity contribution >= 4 is 22.6 Å². The van der Waals surface area contributed by atoms with Crippen LogP contribution in [0.5, 0.6) is 11.5 Å². The third-order valence-electron chi connectivity index (χ3n) is 6.06. The lowest BCUT2D eigenvalue weighted by Gasteiger charge is -2.35. The van der Waals surface area contributed by atoms with E-state index in [0.717, 1.165) is 41.3 Å². The van der Waals surface area contributed by atoms with E-state index in [0.29, 0.717) is 19.0 Å². The number of hydrogen-bond donors (Lipinski definition) is 0. The number of nitrogens with zero attached hydrogens (tertiary/aromatic N) is 3. The second-order valence-electron chi connectivity index (χ2n) is 8.54. The lowest BCUT2D eigenvalue weighted by molar-refractivity contribution is -0.133. The Labute approximate surface area is 189 Å². The highest BCUT2D eigenvalue weighted by molar-refractivity contribution is 5.89. The molecule has 3 aromatic rings. The molecular formula is C26H31N3O3. The van der Waals surface area contributed by atoms with Crippen LogP contribution in [0.4, 0.5) is 5.82 Å². The first-order valence-corrected chi connectivity index (χ1v) is 11.2. The molecule has 0 bridgehead atoms. The number of carbonyl (C=O) groups is 1. The normalized spacial score (nSPS) is 14.2. The summed E-state index contributed by atoms with van der Waals surface area (Å²) in [6.45, 7) is 9.23.